The topological polar surface area (TPSA) is 35.5 Å². The molecule has 0 aromatic heterocycles. The van der Waals surface area contributed by atoms with E-state index in [1.807, 2.05) is 30.3 Å². The SMILES string of the molecule is COCCCC1(C(=O)OCc2ccccc2)CC1. The van der Waals surface area contributed by atoms with Crippen molar-refractivity contribution in [2.45, 2.75) is 32.3 Å². The largest absolute Gasteiger partial charge is 0.460 e. The molecule has 0 amide bonds. The summed E-state index contributed by atoms with van der Waals surface area (Å²) in [5, 5.41) is 0. The van der Waals surface area contributed by atoms with Crippen LogP contribution in [-0.4, -0.2) is 19.7 Å². The lowest BCUT2D eigenvalue weighted by molar-refractivity contribution is -0.152. The molecule has 3 heteroatoms. The maximum atomic E-state index is 12.0. The molecule has 18 heavy (non-hydrogen) atoms. The molecule has 1 saturated carbocycles. The van der Waals surface area contributed by atoms with Gasteiger partial charge in [0, 0.05) is 13.7 Å². The fourth-order valence-electron chi connectivity index (χ4n) is 2.14. The molecule has 0 bridgehead atoms. The average Bonchev–Trinajstić information content (AvgIpc) is 3.19. The van der Waals surface area contributed by atoms with E-state index < -0.39 is 0 Å². The number of carbonyl (C=O) groups is 1. The molecule has 0 N–H and O–H groups in total. The first-order valence-corrected chi connectivity index (χ1v) is 6.47. The van der Waals surface area contributed by atoms with Crippen LogP contribution in [0.25, 0.3) is 0 Å². The molecule has 1 aliphatic carbocycles. The second-order valence-corrected chi connectivity index (χ2v) is 4.94. The summed E-state index contributed by atoms with van der Waals surface area (Å²) in [7, 11) is 1.69. The number of hydrogen-bond donors (Lipinski definition) is 0. The van der Waals surface area contributed by atoms with Gasteiger partial charge in [-0.05, 0) is 31.2 Å². The summed E-state index contributed by atoms with van der Waals surface area (Å²) >= 11 is 0. The molecular formula is C15H20O3. The Kier molecular flexibility index (Phi) is 4.37. The standard InChI is InChI=1S/C15H20O3/c1-17-11-5-8-15(9-10-15)14(16)18-12-13-6-3-2-4-7-13/h2-4,6-7H,5,8-12H2,1H3. The van der Waals surface area contributed by atoms with Crippen molar-refractivity contribution in [3.63, 3.8) is 0 Å². The third kappa shape index (κ3) is 3.33. The molecule has 1 aromatic carbocycles. The molecule has 1 aromatic rings. The smallest absolute Gasteiger partial charge is 0.312 e. The third-order valence-electron chi connectivity index (χ3n) is 3.50. The van der Waals surface area contributed by atoms with E-state index in [0.717, 1.165) is 31.2 Å². The van der Waals surface area contributed by atoms with Gasteiger partial charge < -0.3 is 9.47 Å². The van der Waals surface area contributed by atoms with Gasteiger partial charge in [0.15, 0.2) is 0 Å². The van der Waals surface area contributed by atoms with Crippen molar-refractivity contribution in [2.75, 3.05) is 13.7 Å². The van der Waals surface area contributed by atoms with Crippen molar-refractivity contribution in [1.82, 2.24) is 0 Å². The molecule has 2 rings (SSSR count). The number of hydrogen-bond acceptors (Lipinski definition) is 3. The quantitative estimate of drug-likeness (QED) is 0.550. The Labute approximate surface area is 108 Å². The minimum atomic E-state index is -0.201. The van der Waals surface area contributed by atoms with Crippen molar-refractivity contribution in [1.29, 1.82) is 0 Å². The molecule has 0 unspecified atom stereocenters. The van der Waals surface area contributed by atoms with E-state index in [4.69, 9.17) is 9.47 Å². The zero-order valence-corrected chi connectivity index (χ0v) is 10.9. The minimum Gasteiger partial charge on any atom is -0.460 e. The summed E-state index contributed by atoms with van der Waals surface area (Å²) in [6, 6.07) is 9.80. The van der Waals surface area contributed by atoms with Gasteiger partial charge in [0.05, 0.1) is 5.41 Å². The van der Waals surface area contributed by atoms with Crippen molar-refractivity contribution in [2.24, 2.45) is 5.41 Å². The first-order valence-electron chi connectivity index (χ1n) is 6.47. The van der Waals surface area contributed by atoms with Crippen LogP contribution >= 0.6 is 0 Å². The predicted octanol–water partition coefficient (Wildman–Crippen LogP) is 2.94. The third-order valence-corrected chi connectivity index (χ3v) is 3.50. The number of methoxy groups -OCH3 is 1. The fourth-order valence-corrected chi connectivity index (χ4v) is 2.14. The van der Waals surface area contributed by atoms with Crippen LogP contribution in [0.3, 0.4) is 0 Å². The zero-order chi connectivity index (χ0) is 12.8. The molecule has 3 nitrogen and oxygen atoms in total. The number of benzene rings is 1. The van der Waals surface area contributed by atoms with Crippen LogP contribution in [0.2, 0.25) is 0 Å². The van der Waals surface area contributed by atoms with Gasteiger partial charge in [0.1, 0.15) is 6.61 Å². The Morgan fingerprint density at radius 2 is 2.00 bits per heavy atom. The molecule has 0 spiro atoms. The lowest BCUT2D eigenvalue weighted by atomic mass is 10.0. The van der Waals surface area contributed by atoms with E-state index in [2.05, 4.69) is 0 Å². The highest BCUT2D eigenvalue weighted by Gasteiger charge is 2.50. The maximum absolute atomic E-state index is 12.0. The van der Waals surface area contributed by atoms with Crippen LogP contribution in [-0.2, 0) is 20.9 Å². The van der Waals surface area contributed by atoms with E-state index in [9.17, 15) is 4.79 Å². The van der Waals surface area contributed by atoms with E-state index >= 15 is 0 Å². The van der Waals surface area contributed by atoms with E-state index in [1.165, 1.54) is 0 Å². The number of ether oxygens (including phenoxy) is 2. The summed E-state index contributed by atoms with van der Waals surface area (Å²) in [6.07, 6.45) is 3.74. The predicted molar refractivity (Wildman–Crippen MR) is 69.0 cm³/mol. The molecule has 1 fully saturated rings. The average molecular weight is 248 g/mol. The monoisotopic (exact) mass is 248 g/mol. The first-order chi connectivity index (χ1) is 8.77. The highest BCUT2D eigenvalue weighted by molar-refractivity contribution is 5.79. The molecule has 0 aliphatic heterocycles. The Hall–Kier alpha value is -1.35. The minimum absolute atomic E-state index is 0.0394. The van der Waals surface area contributed by atoms with Crippen molar-refractivity contribution in [3.05, 3.63) is 35.9 Å². The second kappa shape index (κ2) is 6.01. The molecule has 0 atom stereocenters. The fraction of sp³-hybridized carbons (Fsp3) is 0.533. The van der Waals surface area contributed by atoms with E-state index in [0.29, 0.717) is 13.2 Å². The van der Waals surface area contributed by atoms with Crippen molar-refractivity contribution < 1.29 is 14.3 Å². The Balaban J connectivity index is 1.78. The van der Waals surface area contributed by atoms with Crippen molar-refractivity contribution in [3.8, 4) is 0 Å². The van der Waals surface area contributed by atoms with Gasteiger partial charge in [-0.2, -0.15) is 0 Å². The Morgan fingerprint density at radius 3 is 2.61 bits per heavy atom. The zero-order valence-electron chi connectivity index (χ0n) is 10.9. The van der Waals surface area contributed by atoms with Crippen LogP contribution in [0.5, 0.6) is 0 Å². The number of carbonyl (C=O) groups excluding carboxylic acids is 1. The number of rotatable bonds is 7. The number of esters is 1. The highest BCUT2D eigenvalue weighted by atomic mass is 16.5. The second-order valence-electron chi connectivity index (χ2n) is 4.94. The van der Waals surface area contributed by atoms with Gasteiger partial charge >= 0.3 is 5.97 Å². The normalized spacial score (nSPS) is 16.3. The van der Waals surface area contributed by atoms with Gasteiger partial charge in [0.25, 0.3) is 0 Å². The van der Waals surface area contributed by atoms with Crippen molar-refractivity contribution >= 4 is 5.97 Å². The van der Waals surface area contributed by atoms with Crippen LogP contribution in [0.1, 0.15) is 31.2 Å². The highest BCUT2D eigenvalue weighted by Crippen LogP contribution is 2.50. The van der Waals surface area contributed by atoms with Crippen LogP contribution in [0.15, 0.2) is 30.3 Å². The van der Waals surface area contributed by atoms with Gasteiger partial charge in [0.2, 0.25) is 0 Å². The lowest BCUT2D eigenvalue weighted by Crippen LogP contribution is -2.19. The molecule has 98 valence electrons. The molecular weight excluding hydrogens is 228 g/mol. The maximum Gasteiger partial charge on any atom is 0.312 e. The van der Waals surface area contributed by atoms with Gasteiger partial charge in [-0.1, -0.05) is 30.3 Å². The molecule has 0 radical (unpaired) electrons. The van der Waals surface area contributed by atoms with Crippen LogP contribution in [0, 0.1) is 5.41 Å². The van der Waals surface area contributed by atoms with Crippen LogP contribution < -0.4 is 0 Å². The Bertz CT molecular complexity index is 382. The van der Waals surface area contributed by atoms with E-state index in [-0.39, 0.29) is 11.4 Å². The van der Waals surface area contributed by atoms with Gasteiger partial charge in [-0.25, -0.2) is 0 Å². The summed E-state index contributed by atoms with van der Waals surface area (Å²) < 4.78 is 10.4. The Morgan fingerprint density at radius 1 is 1.28 bits per heavy atom. The van der Waals surface area contributed by atoms with Gasteiger partial charge in [-0.3, -0.25) is 4.79 Å². The summed E-state index contributed by atoms with van der Waals surface area (Å²) in [5.41, 5.74) is 0.839. The first kappa shape index (κ1) is 13.1. The summed E-state index contributed by atoms with van der Waals surface area (Å²) in [4.78, 5) is 12.0. The molecule has 1 aliphatic rings. The molecule has 0 heterocycles. The summed E-state index contributed by atoms with van der Waals surface area (Å²) in [6.45, 7) is 1.10. The van der Waals surface area contributed by atoms with Gasteiger partial charge in [-0.15, -0.1) is 0 Å². The van der Waals surface area contributed by atoms with Crippen LogP contribution in [0.4, 0.5) is 0 Å². The van der Waals surface area contributed by atoms with E-state index in [1.54, 1.807) is 7.11 Å². The summed E-state index contributed by atoms with van der Waals surface area (Å²) in [5.74, 6) is -0.0394. The lowest BCUT2D eigenvalue weighted by Gasteiger charge is -2.14. The molecule has 0 saturated heterocycles.